The summed E-state index contributed by atoms with van der Waals surface area (Å²) in [6.45, 7) is 6.97. The van der Waals surface area contributed by atoms with E-state index in [1.165, 1.54) is 0 Å². The summed E-state index contributed by atoms with van der Waals surface area (Å²) in [7, 11) is 0. The van der Waals surface area contributed by atoms with Gasteiger partial charge in [0.25, 0.3) is 0 Å². The number of hydrogen-bond acceptors (Lipinski definition) is 3. The lowest BCUT2D eigenvalue weighted by atomic mass is 9.87. The number of unbranched alkanes of at least 4 members (excludes halogenated alkanes) is 1. The fraction of sp³-hybridized carbons (Fsp3) is 1.00. The molecule has 0 spiro atoms. The molecule has 3 nitrogen and oxygen atoms in total. The SMILES string of the molecule is CC(CO)CC(C)CC(C)CC(O)CCCCO. The largest absolute Gasteiger partial charge is 0.396 e. The second kappa shape index (κ2) is 10.8. The first-order valence-corrected chi connectivity index (χ1v) is 7.39. The topological polar surface area (TPSA) is 60.7 Å². The summed E-state index contributed by atoms with van der Waals surface area (Å²) in [4.78, 5) is 0. The average Bonchev–Trinajstić information content (AvgIpc) is 2.28. The minimum absolute atomic E-state index is 0.221. The van der Waals surface area contributed by atoms with Crippen LogP contribution in [0.1, 0.15) is 59.3 Å². The van der Waals surface area contributed by atoms with Crippen molar-refractivity contribution < 1.29 is 15.3 Å². The molecule has 3 N–H and O–H groups in total. The molecule has 110 valence electrons. The van der Waals surface area contributed by atoms with Gasteiger partial charge >= 0.3 is 0 Å². The maximum absolute atomic E-state index is 9.87. The van der Waals surface area contributed by atoms with Gasteiger partial charge in [0, 0.05) is 13.2 Å². The van der Waals surface area contributed by atoms with E-state index in [1.54, 1.807) is 0 Å². The Morgan fingerprint density at radius 3 is 1.89 bits per heavy atom. The summed E-state index contributed by atoms with van der Waals surface area (Å²) < 4.78 is 0. The zero-order chi connectivity index (χ0) is 14.0. The third-order valence-corrected chi connectivity index (χ3v) is 3.54. The summed E-state index contributed by atoms with van der Waals surface area (Å²) in [5.41, 5.74) is 0. The monoisotopic (exact) mass is 260 g/mol. The second-order valence-corrected chi connectivity index (χ2v) is 6.08. The average molecular weight is 260 g/mol. The van der Waals surface area contributed by atoms with Crippen LogP contribution in [0, 0.1) is 17.8 Å². The summed E-state index contributed by atoms with van der Waals surface area (Å²) in [5, 5.41) is 27.6. The Labute approximate surface area is 112 Å². The van der Waals surface area contributed by atoms with Crippen LogP contribution >= 0.6 is 0 Å². The van der Waals surface area contributed by atoms with Gasteiger partial charge in [0.1, 0.15) is 0 Å². The van der Waals surface area contributed by atoms with Crippen LogP contribution in [-0.2, 0) is 0 Å². The van der Waals surface area contributed by atoms with E-state index >= 15 is 0 Å². The lowest BCUT2D eigenvalue weighted by Crippen LogP contribution is -2.15. The number of aliphatic hydroxyl groups excluding tert-OH is 3. The van der Waals surface area contributed by atoms with E-state index in [0.29, 0.717) is 17.8 Å². The summed E-state index contributed by atoms with van der Waals surface area (Å²) in [6, 6.07) is 0. The van der Waals surface area contributed by atoms with Crippen molar-refractivity contribution in [1.29, 1.82) is 0 Å². The highest BCUT2D eigenvalue weighted by Crippen LogP contribution is 2.23. The number of aliphatic hydroxyl groups is 3. The predicted octanol–water partition coefficient (Wildman–Crippen LogP) is 2.58. The molecule has 0 aromatic carbocycles. The fourth-order valence-corrected chi connectivity index (χ4v) is 2.71. The van der Waals surface area contributed by atoms with Crippen LogP contribution in [0.25, 0.3) is 0 Å². The normalized spacial score (nSPS) is 18.3. The van der Waals surface area contributed by atoms with E-state index in [-0.39, 0.29) is 19.3 Å². The van der Waals surface area contributed by atoms with E-state index in [0.717, 1.165) is 38.5 Å². The molecule has 3 heteroatoms. The van der Waals surface area contributed by atoms with Crippen LogP contribution in [0.3, 0.4) is 0 Å². The first-order valence-electron chi connectivity index (χ1n) is 7.39. The first-order chi connectivity index (χ1) is 8.49. The molecule has 0 saturated carbocycles. The summed E-state index contributed by atoms with van der Waals surface area (Å²) >= 11 is 0. The maximum atomic E-state index is 9.87. The van der Waals surface area contributed by atoms with Crippen molar-refractivity contribution in [2.75, 3.05) is 13.2 Å². The van der Waals surface area contributed by atoms with Gasteiger partial charge in [0.2, 0.25) is 0 Å². The minimum atomic E-state index is -0.228. The molecule has 0 saturated heterocycles. The van der Waals surface area contributed by atoms with Gasteiger partial charge in [-0.25, -0.2) is 0 Å². The van der Waals surface area contributed by atoms with Gasteiger partial charge in [-0.1, -0.05) is 20.8 Å². The zero-order valence-corrected chi connectivity index (χ0v) is 12.3. The summed E-state index contributed by atoms with van der Waals surface area (Å²) in [5.74, 6) is 1.50. The Morgan fingerprint density at radius 2 is 1.33 bits per heavy atom. The lowest BCUT2D eigenvalue weighted by Gasteiger charge is -2.21. The van der Waals surface area contributed by atoms with Gasteiger partial charge in [-0.05, 0) is 56.3 Å². The standard InChI is InChI=1S/C15H32O3/c1-12(9-14(3)11-17)8-13(2)10-15(18)6-4-5-7-16/h12-18H,4-11H2,1-3H3. The lowest BCUT2D eigenvalue weighted by molar-refractivity contribution is 0.122. The van der Waals surface area contributed by atoms with Crippen molar-refractivity contribution in [2.45, 2.75) is 65.4 Å². The third-order valence-electron chi connectivity index (χ3n) is 3.54. The molecule has 0 amide bonds. The van der Waals surface area contributed by atoms with Gasteiger partial charge < -0.3 is 15.3 Å². The van der Waals surface area contributed by atoms with E-state index in [9.17, 15) is 5.11 Å². The summed E-state index contributed by atoms with van der Waals surface area (Å²) in [6.07, 6.45) is 5.28. The molecule has 4 atom stereocenters. The van der Waals surface area contributed by atoms with E-state index in [2.05, 4.69) is 20.8 Å². The maximum Gasteiger partial charge on any atom is 0.0542 e. The molecule has 0 aliphatic rings. The van der Waals surface area contributed by atoms with Gasteiger partial charge in [-0.3, -0.25) is 0 Å². The van der Waals surface area contributed by atoms with Gasteiger partial charge in [0.15, 0.2) is 0 Å². The quantitative estimate of drug-likeness (QED) is 0.500. The Bertz CT molecular complexity index is 185. The molecule has 0 bridgehead atoms. The van der Waals surface area contributed by atoms with Crippen LogP contribution in [0.4, 0.5) is 0 Å². The molecule has 0 fully saturated rings. The minimum Gasteiger partial charge on any atom is -0.396 e. The molecule has 4 unspecified atom stereocenters. The number of hydrogen-bond donors (Lipinski definition) is 3. The zero-order valence-electron chi connectivity index (χ0n) is 12.3. The van der Waals surface area contributed by atoms with Crippen LogP contribution in [0.2, 0.25) is 0 Å². The predicted molar refractivity (Wildman–Crippen MR) is 75.4 cm³/mol. The Balaban J connectivity index is 3.70. The van der Waals surface area contributed by atoms with Gasteiger partial charge in [0.05, 0.1) is 6.10 Å². The molecule has 0 aliphatic carbocycles. The third kappa shape index (κ3) is 9.86. The second-order valence-electron chi connectivity index (χ2n) is 6.08. The van der Waals surface area contributed by atoms with Crippen molar-refractivity contribution >= 4 is 0 Å². The molecule has 18 heavy (non-hydrogen) atoms. The van der Waals surface area contributed by atoms with Crippen LogP contribution < -0.4 is 0 Å². The van der Waals surface area contributed by atoms with Crippen molar-refractivity contribution in [3.8, 4) is 0 Å². The Kier molecular flexibility index (Phi) is 10.7. The van der Waals surface area contributed by atoms with Crippen molar-refractivity contribution in [3.05, 3.63) is 0 Å². The van der Waals surface area contributed by atoms with E-state index in [4.69, 9.17) is 10.2 Å². The fourth-order valence-electron chi connectivity index (χ4n) is 2.71. The Morgan fingerprint density at radius 1 is 0.778 bits per heavy atom. The molecule has 0 radical (unpaired) electrons. The van der Waals surface area contributed by atoms with Crippen LogP contribution in [-0.4, -0.2) is 34.6 Å². The highest BCUT2D eigenvalue weighted by atomic mass is 16.3. The van der Waals surface area contributed by atoms with E-state index < -0.39 is 0 Å². The van der Waals surface area contributed by atoms with Gasteiger partial charge in [-0.2, -0.15) is 0 Å². The molecule has 0 aromatic rings. The molecule has 0 rings (SSSR count). The highest BCUT2D eigenvalue weighted by Gasteiger charge is 2.15. The molecule has 0 aliphatic heterocycles. The molecular weight excluding hydrogens is 228 g/mol. The smallest absolute Gasteiger partial charge is 0.0542 e. The van der Waals surface area contributed by atoms with Crippen molar-refractivity contribution in [3.63, 3.8) is 0 Å². The van der Waals surface area contributed by atoms with Crippen molar-refractivity contribution in [2.24, 2.45) is 17.8 Å². The first kappa shape index (κ1) is 17.9. The highest BCUT2D eigenvalue weighted by molar-refractivity contribution is 4.67. The number of rotatable bonds is 11. The van der Waals surface area contributed by atoms with Crippen molar-refractivity contribution in [1.82, 2.24) is 0 Å². The van der Waals surface area contributed by atoms with Crippen LogP contribution in [0.15, 0.2) is 0 Å². The van der Waals surface area contributed by atoms with Crippen LogP contribution in [0.5, 0.6) is 0 Å². The molecular formula is C15H32O3. The van der Waals surface area contributed by atoms with E-state index in [1.807, 2.05) is 0 Å². The van der Waals surface area contributed by atoms with Gasteiger partial charge in [-0.15, -0.1) is 0 Å². The molecule has 0 aromatic heterocycles. The molecule has 0 heterocycles. The Hall–Kier alpha value is -0.120.